The molecule has 0 radical (unpaired) electrons. The van der Waals surface area contributed by atoms with E-state index >= 15 is 0 Å². The third-order valence-electron chi connectivity index (χ3n) is 8.62. The van der Waals surface area contributed by atoms with E-state index in [1.807, 2.05) is 27.8 Å². The average molecular weight is 594 g/mol. The number of nitrogens with one attached hydrogen (secondary N) is 1. The molecule has 41 heavy (non-hydrogen) atoms. The molecule has 1 aliphatic heterocycles. The molecule has 1 heterocycles. The highest BCUT2D eigenvalue weighted by molar-refractivity contribution is 7.91. The highest BCUT2D eigenvalue weighted by Gasteiger charge is 2.55. The van der Waals surface area contributed by atoms with E-state index in [4.69, 9.17) is 0 Å². The zero-order chi connectivity index (χ0) is 30.2. The number of likely N-dealkylation sites (tertiary alicyclic amines) is 1. The monoisotopic (exact) mass is 593 g/mol. The van der Waals surface area contributed by atoms with Crippen LogP contribution in [0.3, 0.4) is 0 Å². The Morgan fingerprint density at radius 2 is 1.80 bits per heavy atom. The number of nitrogens with zero attached hydrogens (tertiary/aromatic N) is 2. The molecule has 1 unspecified atom stereocenters. The number of sulfone groups is 1. The third-order valence-corrected chi connectivity index (χ3v) is 10.4. The average Bonchev–Trinajstić information content (AvgIpc) is 3.28. The van der Waals surface area contributed by atoms with E-state index in [2.05, 4.69) is 10.2 Å². The Hall–Kier alpha value is -2.92. The number of amides is 2. The molecule has 0 bridgehead atoms. The lowest BCUT2D eigenvalue weighted by Gasteiger charge is -2.56. The Morgan fingerprint density at radius 1 is 1.12 bits per heavy atom. The van der Waals surface area contributed by atoms with Crippen molar-refractivity contribution in [1.82, 2.24) is 15.1 Å². The molecular weight excluding hydrogens is 555 g/mol. The molecule has 1 saturated heterocycles. The summed E-state index contributed by atoms with van der Waals surface area (Å²) in [4.78, 5) is 30.9. The van der Waals surface area contributed by atoms with Gasteiger partial charge in [-0.25, -0.2) is 8.42 Å². The molecule has 2 aromatic carbocycles. The van der Waals surface area contributed by atoms with Gasteiger partial charge in [0, 0.05) is 24.1 Å². The van der Waals surface area contributed by atoms with Crippen molar-refractivity contribution < 1.29 is 31.2 Å². The normalized spacial score (nSPS) is 23.8. The number of aryl methyl sites for hydroxylation is 1. The SMILES string of the molecule is Cc1ccc(S(=O)(=O)C[C@@H]2CCCCC2(N2CC[C@H](NC(=O)c3cccc(C(F)(F)F)c3)C2=O)N(C)C(C)C)cc1. The molecule has 11 heteroatoms. The summed E-state index contributed by atoms with van der Waals surface area (Å²) >= 11 is 0. The summed E-state index contributed by atoms with van der Waals surface area (Å²) in [6.45, 7) is 6.18. The molecule has 1 aliphatic carbocycles. The van der Waals surface area contributed by atoms with E-state index in [9.17, 15) is 31.2 Å². The van der Waals surface area contributed by atoms with Crippen LogP contribution in [0.5, 0.6) is 0 Å². The van der Waals surface area contributed by atoms with Crippen LogP contribution in [0.4, 0.5) is 13.2 Å². The van der Waals surface area contributed by atoms with Crippen LogP contribution in [-0.2, 0) is 20.8 Å². The minimum atomic E-state index is -4.60. The van der Waals surface area contributed by atoms with Gasteiger partial charge < -0.3 is 10.2 Å². The van der Waals surface area contributed by atoms with E-state index in [0.717, 1.165) is 36.6 Å². The Kier molecular flexibility index (Phi) is 8.90. The molecule has 2 aliphatic rings. The van der Waals surface area contributed by atoms with E-state index in [0.29, 0.717) is 19.4 Å². The van der Waals surface area contributed by atoms with Crippen LogP contribution in [0.25, 0.3) is 0 Å². The van der Waals surface area contributed by atoms with Crippen molar-refractivity contribution in [3.63, 3.8) is 0 Å². The van der Waals surface area contributed by atoms with Gasteiger partial charge in [0.1, 0.15) is 6.04 Å². The molecule has 224 valence electrons. The molecule has 7 nitrogen and oxygen atoms in total. The molecule has 2 fully saturated rings. The number of benzene rings is 2. The Balaban J connectivity index is 1.62. The van der Waals surface area contributed by atoms with E-state index in [1.54, 1.807) is 29.2 Å². The summed E-state index contributed by atoms with van der Waals surface area (Å²) < 4.78 is 66.7. The zero-order valence-electron chi connectivity index (χ0n) is 23.9. The standard InChI is InChI=1S/C30H38F3N3O4S/c1-20(2)35(4)29(16-6-5-9-24(29)19-41(39,40)25-13-11-21(3)12-14-25)36-17-15-26(28(36)38)34-27(37)22-8-7-10-23(18-22)30(31,32)33/h7-8,10-14,18,20,24,26H,5-6,9,15-17,19H2,1-4H3,(H,34,37)/t24-,26-,29?/m0/s1. The molecule has 2 aromatic rings. The fraction of sp³-hybridized carbons (Fsp3) is 0.533. The maximum Gasteiger partial charge on any atom is 0.416 e. The van der Waals surface area contributed by atoms with Crippen molar-refractivity contribution in [3.8, 4) is 0 Å². The van der Waals surface area contributed by atoms with Crippen molar-refractivity contribution in [2.75, 3.05) is 19.3 Å². The Morgan fingerprint density at radius 3 is 2.44 bits per heavy atom. The van der Waals surface area contributed by atoms with Crippen LogP contribution in [0.1, 0.15) is 67.4 Å². The first-order chi connectivity index (χ1) is 19.2. The van der Waals surface area contributed by atoms with Gasteiger partial charge in [0.05, 0.1) is 21.9 Å². The summed E-state index contributed by atoms with van der Waals surface area (Å²) in [5, 5.41) is 2.64. The number of rotatable bonds is 8. The van der Waals surface area contributed by atoms with Crippen molar-refractivity contribution in [2.45, 2.75) is 81.7 Å². The van der Waals surface area contributed by atoms with E-state index < -0.39 is 39.2 Å². The lowest BCUT2D eigenvalue weighted by atomic mass is 9.77. The number of halogens is 3. The zero-order valence-corrected chi connectivity index (χ0v) is 24.7. The second kappa shape index (κ2) is 11.8. The number of hydrogen-bond donors (Lipinski definition) is 1. The quantitative estimate of drug-likeness (QED) is 0.463. The number of carbonyl (C=O) groups excluding carboxylic acids is 2. The minimum Gasteiger partial charge on any atom is -0.340 e. The topological polar surface area (TPSA) is 86.8 Å². The van der Waals surface area contributed by atoms with Crippen molar-refractivity contribution >= 4 is 21.7 Å². The second-order valence-electron chi connectivity index (χ2n) is 11.5. The molecule has 0 spiro atoms. The van der Waals surface area contributed by atoms with Crippen molar-refractivity contribution in [3.05, 3.63) is 65.2 Å². The Bertz CT molecular complexity index is 1380. The van der Waals surface area contributed by atoms with Crippen LogP contribution in [0.2, 0.25) is 0 Å². The summed E-state index contributed by atoms with van der Waals surface area (Å²) in [7, 11) is -1.76. The minimum absolute atomic E-state index is 0.00997. The first-order valence-electron chi connectivity index (χ1n) is 14.0. The molecule has 2 amide bonds. The lowest BCUT2D eigenvalue weighted by molar-refractivity contribution is -0.156. The molecule has 0 aromatic heterocycles. The van der Waals surface area contributed by atoms with Gasteiger partial charge in [-0.3, -0.25) is 14.5 Å². The number of carbonyl (C=O) groups is 2. The van der Waals surface area contributed by atoms with Gasteiger partial charge in [0.15, 0.2) is 9.84 Å². The fourth-order valence-corrected chi connectivity index (χ4v) is 7.98. The van der Waals surface area contributed by atoms with Crippen LogP contribution in [0, 0.1) is 12.8 Å². The maximum atomic E-state index is 13.9. The van der Waals surface area contributed by atoms with Gasteiger partial charge in [-0.05, 0) is 83.8 Å². The van der Waals surface area contributed by atoms with Crippen LogP contribution in [-0.4, -0.2) is 67.1 Å². The summed E-state index contributed by atoms with van der Waals surface area (Å²) in [6, 6.07) is 9.92. The number of alkyl halides is 3. The Labute approximate surface area is 240 Å². The van der Waals surface area contributed by atoms with Gasteiger partial charge in [-0.15, -0.1) is 0 Å². The molecule has 1 saturated carbocycles. The van der Waals surface area contributed by atoms with Gasteiger partial charge in [0.2, 0.25) is 5.91 Å². The smallest absolute Gasteiger partial charge is 0.340 e. The molecule has 1 N–H and O–H groups in total. The largest absolute Gasteiger partial charge is 0.416 e. The highest BCUT2D eigenvalue weighted by atomic mass is 32.2. The summed E-state index contributed by atoms with van der Waals surface area (Å²) in [5.41, 5.74) is -1.06. The second-order valence-corrected chi connectivity index (χ2v) is 13.5. The predicted molar refractivity (Wildman–Crippen MR) is 150 cm³/mol. The fourth-order valence-electron chi connectivity index (χ4n) is 6.27. The third kappa shape index (κ3) is 6.30. The van der Waals surface area contributed by atoms with Crippen molar-refractivity contribution in [1.29, 1.82) is 0 Å². The van der Waals surface area contributed by atoms with E-state index in [-0.39, 0.29) is 40.5 Å². The van der Waals surface area contributed by atoms with Crippen LogP contribution >= 0.6 is 0 Å². The lowest BCUT2D eigenvalue weighted by Crippen LogP contribution is -2.68. The van der Waals surface area contributed by atoms with Crippen LogP contribution < -0.4 is 5.32 Å². The predicted octanol–water partition coefficient (Wildman–Crippen LogP) is 5.05. The first kappa shape index (κ1) is 31.0. The molecule has 3 atom stereocenters. The van der Waals surface area contributed by atoms with Gasteiger partial charge in [0.25, 0.3) is 5.91 Å². The highest BCUT2D eigenvalue weighted by Crippen LogP contribution is 2.45. The van der Waals surface area contributed by atoms with Crippen molar-refractivity contribution in [2.24, 2.45) is 5.92 Å². The van der Waals surface area contributed by atoms with Gasteiger partial charge in [-0.2, -0.15) is 13.2 Å². The van der Waals surface area contributed by atoms with Gasteiger partial charge >= 0.3 is 6.18 Å². The summed E-state index contributed by atoms with van der Waals surface area (Å²) in [6.07, 6.45) is -1.49. The maximum absolute atomic E-state index is 13.9. The number of hydrogen-bond acceptors (Lipinski definition) is 5. The van der Waals surface area contributed by atoms with Gasteiger partial charge in [-0.1, -0.05) is 30.2 Å². The van der Waals surface area contributed by atoms with E-state index in [1.165, 1.54) is 6.07 Å². The molecule has 4 rings (SSSR count). The molecular formula is C30H38F3N3O4S. The first-order valence-corrected chi connectivity index (χ1v) is 15.6. The summed E-state index contributed by atoms with van der Waals surface area (Å²) in [5.74, 6) is -1.61. The van der Waals surface area contributed by atoms with Crippen LogP contribution in [0.15, 0.2) is 53.4 Å².